The van der Waals surface area contributed by atoms with Gasteiger partial charge in [-0.25, -0.2) is 0 Å². The molecule has 2 nitrogen and oxygen atoms in total. The van der Waals surface area contributed by atoms with Crippen LogP contribution in [0.2, 0.25) is 0 Å². The standard InChI is InChI=1S/C14H22BrNOS/c1-3-9-16-14(2,11-17)8-10-18-13-6-4-12(15)5-7-13/h4-7,16-17H,3,8-11H2,1-2H3. The van der Waals surface area contributed by atoms with E-state index in [9.17, 15) is 5.11 Å². The Labute approximate surface area is 123 Å². The lowest BCUT2D eigenvalue weighted by atomic mass is 10.0. The van der Waals surface area contributed by atoms with Crippen LogP contribution in [0.4, 0.5) is 0 Å². The summed E-state index contributed by atoms with van der Waals surface area (Å²) in [5.41, 5.74) is -0.154. The fraction of sp³-hybridized carbons (Fsp3) is 0.571. The van der Waals surface area contributed by atoms with Gasteiger partial charge in [-0.2, -0.15) is 0 Å². The van der Waals surface area contributed by atoms with E-state index >= 15 is 0 Å². The van der Waals surface area contributed by atoms with Gasteiger partial charge in [-0.1, -0.05) is 22.9 Å². The zero-order valence-electron chi connectivity index (χ0n) is 11.1. The van der Waals surface area contributed by atoms with Gasteiger partial charge < -0.3 is 10.4 Å². The predicted molar refractivity (Wildman–Crippen MR) is 83.3 cm³/mol. The van der Waals surface area contributed by atoms with Crippen LogP contribution in [0.25, 0.3) is 0 Å². The van der Waals surface area contributed by atoms with Gasteiger partial charge in [-0.3, -0.25) is 0 Å². The summed E-state index contributed by atoms with van der Waals surface area (Å²) in [7, 11) is 0. The molecule has 0 radical (unpaired) electrons. The van der Waals surface area contributed by atoms with E-state index in [0.29, 0.717) is 0 Å². The molecule has 1 atom stereocenters. The number of hydrogen-bond acceptors (Lipinski definition) is 3. The second-order valence-corrected chi connectivity index (χ2v) is 6.78. The van der Waals surface area contributed by atoms with Gasteiger partial charge in [0, 0.05) is 14.9 Å². The van der Waals surface area contributed by atoms with Crippen LogP contribution in [-0.4, -0.2) is 29.5 Å². The highest BCUT2D eigenvalue weighted by Gasteiger charge is 2.21. The van der Waals surface area contributed by atoms with Gasteiger partial charge in [0.05, 0.1) is 6.61 Å². The third-order valence-corrected chi connectivity index (χ3v) is 4.43. The van der Waals surface area contributed by atoms with E-state index < -0.39 is 0 Å². The van der Waals surface area contributed by atoms with Crippen LogP contribution in [0, 0.1) is 0 Å². The summed E-state index contributed by atoms with van der Waals surface area (Å²) >= 11 is 5.27. The fourth-order valence-electron chi connectivity index (χ4n) is 1.58. The summed E-state index contributed by atoms with van der Waals surface area (Å²) in [4.78, 5) is 1.27. The summed E-state index contributed by atoms with van der Waals surface area (Å²) in [6.07, 6.45) is 2.06. The highest BCUT2D eigenvalue weighted by molar-refractivity contribution is 9.10. The lowest BCUT2D eigenvalue weighted by Gasteiger charge is -2.28. The quantitative estimate of drug-likeness (QED) is 0.712. The molecule has 0 amide bonds. The largest absolute Gasteiger partial charge is 0.394 e. The zero-order chi connectivity index (χ0) is 13.4. The fourth-order valence-corrected chi connectivity index (χ4v) is 2.96. The van der Waals surface area contributed by atoms with Crippen molar-refractivity contribution >= 4 is 27.7 Å². The van der Waals surface area contributed by atoms with Crippen LogP contribution in [0.15, 0.2) is 33.6 Å². The number of benzene rings is 1. The van der Waals surface area contributed by atoms with Crippen molar-refractivity contribution in [2.24, 2.45) is 0 Å². The number of halogens is 1. The number of thioether (sulfide) groups is 1. The molecule has 102 valence electrons. The normalized spacial score (nSPS) is 14.4. The average Bonchev–Trinajstić information content (AvgIpc) is 2.39. The van der Waals surface area contributed by atoms with Crippen LogP contribution in [0.3, 0.4) is 0 Å². The van der Waals surface area contributed by atoms with Gasteiger partial charge >= 0.3 is 0 Å². The molecule has 0 saturated carbocycles. The predicted octanol–water partition coefficient (Wildman–Crippen LogP) is 3.68. The summed E-state index contributed by atoms with van der Waals surface area (Å²) in [6, 6.07) is 8.35. The molecule has 0 aromatic heterocycles. The molecule has 0 aliphatic heterocycles. The molecule has 4 heteroatoms. The number of aliphatic hydroxyl groups excluding tert-OH is 1. The molecule has 0 aliphatic carbocycles. The minimum atomic E-state index is -0.154. The first-order valence-electron chi connectivity index (χ1n) is 6.34. The summed E-state index contributed by atoms with van der Waals surface area (Å²) in [6.45, 7) is 5.38. The maximum absolute atomic E-state index is 9.47. The first kappa shape index (κ1) is 16.0. The van der Waals surface area contributed by atoms with Crippen LogP contribution >= 0.6 is 27.7 Å². The smallest absolute Gasteiger partial charge is 0.0610 e. The second-order valence-electron chi connectivity index (χ2n) is 4.70. The van der Waals surface area contributed by atoms with E-state index in [-0.39, 0.29) is 12.1 Å². The van der Waals surface area contributed by atoms with Crippen molar-refractivity contribution in [3.63, 3.8) is 0 Å². The number of hydrogen-bond donors (Lipinski definition) is 2. The molecule has 0 aliphatic rings. The molecule has 1 rings (SSSR count). The Morgan fingerprint density at radius 2 is 2.00 bits per heavy atom. The molecule has 0 fully saturated rings. The van der Waals surface area contributed by atoms with Crippen molar-refractivity contribution in [2.75, 3.05) is 18.9 Å². The Hall–Kier alpha value is -0.0300. The van der Waals surface area contributed by atoms with Gasteiger partial charge in [0.2, 0.25) is 0 Å². The Bertz CT molecular complexity index is 344. The minimum absolute atomic E-state index is 0.154. The Balaban J connectivity index is 2.36. The van der Waals surface area contributed by atoms with Crippen LogP contribution in [0.5, 0.6) is 0 Å². The lowest BCUT2D eigenvalue weighted by Crippen LogP contribution is -2.46. The van der Waals surface area contributed by atoms with Crippen molar-refractivity contribution in [1.29, 1.82) is 0 Å². The number of nitrogens with one attached hydrogen (secondary N) is 1. The summed E-state index contributed by atoms with van der Waals surface area (Å²) < 4.78 is 1.11. The van der Waals surface area contributed by atoms with Crippen molar-refractivity contribution in [3.05, 3.63) is 28.7 Å². The molecule has 0 bridgehead atoms. The van der Waals surface area contributed by atoms with Crippen LogP contribution in [0.1, 0.15) is 26.7 Å². The van der Waals surface area contributed by atoms with Gasteiger partial charge in [-0.15, -0.1) is 11.8 Å². The third kappa shape index (κ3) is 5.74. The molecule has 1 unspecified atom stereocenters. The van der Waals surface area contributed by atoms with Gasteiger partial charge in [0.25, 0.3) is 0 Å². The topological polar surface area (TPSA) is 32.3 Å². The van der Waals surface area contributed by atoms with E-state index in [1.54, 1.807) is 0 Å². The molecule has 18 heavy (non-hydrogen) atoms. The first-order chi connectivity index (χ1) is 8.59. The Kier molecular flexibility index (Phi) is 7.30. The zero-order valence-corrected chi connectivity index (χ0v) is 13.5. The third-order valence-electron chi connectivity index (χ3n) is 2.89. The molecule has 0 spiro atoms. The van der Waals surface area contributed by atoms with Crippen LogP contribution in [-0.2, 0) is 0 Å². The molecule has 1 aromatic rings. The highest BCUT2D eigenvalue weighted by atomic mass is 79.9. The van der Waals surface area contributed by atoms with Crippen molar-refractivity contribution in [2.45, 2.75) is 37.1 Å². The Morgan fingerprint density at radius 1 is 1.33 bits per heavy atom. The average molecular weight is 332 g/mol. The van der Waals surface area contributed by atoms with Gasteiger partial charge in [0.15, 0.2) is 0 Å². The number of rotatable bonds is 8. The maximum atomic E-state index is 9.47. The van der Waals surface area contributed by atoms with E-state index in [2.05, 4.69) is 59.4 Å². The van der Waals surface area contributed by atoms with E-state index in [0.717, 1.165) is 29.6 Å². The Morgan fingerprint density at radius 3 is 2.56 bits per heavy atom. The van der Waals surface area contributed by atoms with Gasteiger partial charge in [0.1, 0.15) is 0 Å². The first-order valence-corrected chi connectivity index (χ1v) is 8.12. The minimum Gasteiger partial charge on any atom is -0.394 e. The van der Waals surface area contributed by atoms with Crippen molar-refractivity contribution in [3.8, 4) is 0 Å². The number of aliphatic hydroxyl groups is 1. The van der Waals surface area contributed by atoms with Crippen LogP contribution < -0.4 is 5.32 Å². The van der Waals surface area contributed by atoms with Gasteiger partial charge in [-0.05, 0) is 56.3 Å². The molecular weight excluding hydrogens is 310 g/mol. The molecule has 0 heterocycles. The summed E-state index contributed by atoms with van der Waals surface area (Å²) in [5.74, 6) is 1.01. The van der Waals surface area contributed by atoms with E-state index in [1.165, 1.54) is 4.90 Å². The van der Waals surface area contributed by atoms with Crippen molar-refractivity contribution < 1.29 is 5.11 Å². The molecule has 1 aromatic carbocycles. The lowest BCUT2D eigenvalue weighted by molar-refractivity contribution is 0.171. The second kappa shape index (κ2) is 8.20. The molecule has 0 saturated heterocycles. The van der Waals surface area contributed by atoms with Crippen molar-refractivity contribution in [1.82, 2.24) is 5.32 Å². The highest BCUT2D eigenvalue weighted by Crippen LogP contribution is 2.23. The van der Waals surface area contributed by atoms with E-state index in [1.807, 2.05) is 11.8 Å². The molecular formula is C14H22BrNOS. The SMILES string of the molecule is CCCNC(C)(CO)CCSc1ccc(Br)cc1. The monoisotopic (exact) mass is 331 g/mol. The maximum Gasteiger partial charge on any atom is 0.0610 e. The van der Waals surface area contributed by atoms with E-state index in [4.69, 9.17) is 0 Å². The summed E-state index contributed by atoms with van der Waals surface area (Å²) in [5, 5.41) is 12.9. The molecule has 2 N–H and O–H groups in total.